The van der Waals surface area contributed by atoms with Crippen molar-refractivity contribution in [2.75, 3.05) is 11.6 Å². The Morgan fingerprint density at radius 2 is 1.73 bits per heavy atom. The molecule has 1 N–H and O–H groups in total. The molecule has 1 aromatic heterocycles. The van der Waals surface area contributed by atoms with Gasteiger partial charge in [-0.3, -0.25) is 0 Å². The number of anilines is 1. The Morgan fingerprint density at radius 1 is 0.970 bits per heavy atom. The summed E-state index contributed by atoms with van der Waals surface area (Å²) < 4.78 is 37.1. The minimum atomic E-state index is -0.603. The maximum absolute atomic E-state index is 15.2. The van der Waals surface area contributed by atoms with E-state index in [0.717, 1.165) is 22.4 Å². The fraction of sp³-hybridized carbons (Fsp3) is 0.120. The molecule has 8 heteroatoms. The van der Waals surface area contributed by atoms with Crippen LogP contribution in [0.2, 0.25) is 0 Å². The topological polar surface area (TPSA) is 52.0 Å². The number of rotatable bonds is 3. The molecular formula is C25H18F2N4OS. The largest absolute Gasteiger partial charge is 0.480 e. The number of hydrogen-bond donors (Lipinski definition) is 1. The molecule has 0 radical (unpaired) electrons. The number of halogens is 2. The maximum Gasteiger partial charge on any atom is 0.227 e. The molecule has 4 aromatic rings. The molecule has 6 rings (SSSR count). The Hall–Kier alpha value is -3.65. The first-order valence-electron chi connectivity index (χ1n) is 10.4. The van der Waals surface area contributed by atoms with Crippen LogP contribution in [0.4, 0.5) is 14.7 Å². The van der Waals surface area contributed by atoms with Gasteiger partial charge in [0.1, 0.15) is 29.5 Å². The van der Waals surface area contributed by atoms with Crippen LogP contribution in [0.25, 0.3) is 5.70 Å². The van der Waals surface area contributed by atoms with Crippen molar-refractivity contribution in [2.45, 2.75) is 17.3 Å². The van der Waals surface area contributed by atoms with E-state index >= 15 is 4.39 Å². The smallest absolute Gasteiger partial charge is 0.227 e. The van der Waals surface area contributed by atoms with E-state index in [0.29, 0.717) is 22.4 Å². The number of para-hydroxylation sites is 1. The Morgan fingerprint density at radius 3 is 2.52 bits per heavy atom. The summed E-state index contributed by atoms with van der Waals surface area (Å²) in [6.07, 6.45) is 1.31. The molecule has 3 aromatic carbocycles. The SMILES string of the molecule is CSc1nc2n(n1)[C@H](c1ccccc1F)C1=C(N2)c2ccccc2O[C@H]1c1ccc(F)cc1. The van der Waals surface area contributed by atoms with E-state index < -0.39 is 12.1 Å². The van der Waals surface area contributed by atoms with Crippen LogP contribution in [0.3, 0.4) is 0 Å². The Labute approximate surface area is 193 Å². The number of ether oxygens (including phenoxy) is 1. The number of fused-ring (bicyclic) bond motifs is 3. The molecule has 0 saturated heterocycles. The molecule has 2 aliphatic heterocycles. The van der Waals surface area contributed by atoms with E-state index in [1.54, 1.807) is 35.0 Å². The van der Waals surface area contributed by atoms with Gasteiger partial charge in [0.15, 0.2) is 0 Å². The van der Waals surface area contributed by atoms with Gasteiger partial charge >= 0.3 is 0 Å². The van der Waals surface area contributed by atoms with Gasteiger partial charge in [-0.2, -0.15) is 4.98 Å². The minimum Gasteiger partial charge on any atom is -0.480 e. The van der Waals surface area contributed by atoms with Crippen molar-refractivity contribution < 1.29 is 13.5 Å². The monoisotopic (exact) mass is 460 g/mol. The molecule has 164 valence electrons. The Bertz CT molecular complexity index is 1400. The van der Waals surface area contributed by atoms with Gasteiger partial charge < -0.3 is 10.1 Å². The predicted molar refractivity (Wildman–Crippen MR) is 123 cm³/mol. The third kappa shape index (κ3) is 3.21. The molecule has 0 aliphatic carbocycles. The molecule has 2 atom stereocenters. The molecule has 33 heavy (non-hydrogen) atoms. The summed E-state index contributed by atoms with van der Waals surface area (Å²) in [7, 11) is 0. The molecule has 3 heterocycles. The van der Waals surface area contributed by atoms with Gasteiger partial charge in [0.05, 0.1) is 5.70 Å². The highest BCUT2D eigenvalue weighted by Crippen LogP contribution is 2.51. The summed E-state index contributed by atoms with van der Waals surface area (Å²) in [5, 5.41) is 8.64. The number of nitrogens with one attached hydrogen (secondary N) is 1. The molecule has 0 amide bonds. The maximum atomic E-state index is 15.2. The van der Waals surface area contributed by atoms with Gasteiger partial charge in [0, 0.05) is 16.7 Å². The van der Waals surface area contributed by atoms with Crippen molar-refractivity contribution in [1.82, 2.24) is 14.8 Å². The first kappa shape index (κ1) is 20.0. The van der Waals surface area contributed by atoms with Gasteiger partial charge in [-0.05, 0) is 42.2 Å². The van der Waals surface area contributed by atoms with Crippen LogP contribution < -0.4 is 10.1 Å². The summed E-state index contributed by atoms with van der Waals surface area (Å²) in [4.78, 5) is 4.60. The highest BCUT2D eigenvalue weighted by Gasteiger charge is 2.42. The average Bonchev–Trinajstić information content (AvgIpc) is 3.26. The van der Waals surface area contributed by atoms with Gasteiger partial charge in [-0.15, -0.1) is 5.10 Å². The third-order valence-corrected chi connectivity index (χ3v) is 6.45. The standard InChI is InChI=1S/C25H18F2N4OS/c1-33-25-29-24-28-21-17-7-3-5-9-19(17)32-23(14-10-12-15(26)13-11-14)20(21)22(31(24)30-25)16-6-2-4-8-18(16)27/h2-13,22-23H,1H3,(H,28,29,30)/t22-,23+/m1/s1. The summed E-state index contributed by atoms with van der Waals surface area (Å²) in [6, 6.07) is 19.9. The molecule has 2 aliphatic rings. The molecule has 0 unspecified atom stereocenters. The van der Waals surface area contributed by atoms with Crippen molar-refractivity contribution in [2.24, 2.45) is 0 Å². The Kier molecular flexibility index (Phi) is 4.69. The van der Waals surface area contributed by atoms with Crippen molar-refractivity contribution in [3.05, 3.63) is 107 Å². The molecule has 0 spiro atoms. The zero-order valence-corrected chi connectivity index (χ0v) is 18.3. The minimum absolute atomic E-state index is 0.334. The zero-order chi connectivity index (χ0) is 22.5. The lowest BCUT2D eigenvalue weighted by molar-refractivity contribution is 0.222. The fourth-order valence-corrected chi connectivity index (χ4v) is 4.80. The zero-order valence-electron chi connectivity index (χ0n) is 17.5. The van der Waals surface area contributed by atoms with Gasteiger partial charge in [-0.25, -0.2) is 13.5 Å². The van der Waals surface area contributed by atoms with Crippen molar-refractivity contribution in [1.29, 1.82) is 0 Å². The lowest BCUT2D eigenvalue weighted by Crippen LogP contribution is -2.32. The summed E-state index contributed by atoms with van der Waals surface area (Å²) in [5.41, 5.74) is 3.66. The van der Waals surface area contributed by atoms with Crippen LogP contribution in [0, 0.1) is 11.6 Å². The van der Waals surface area contributed by atoms with Crippen LogP contribution in [-0.4, -0.2) is 21.0 Å². The van der Waals surface area contributed by atoms with E-state index in [-0.39, 0.29) is 11.6 Å². The number of thioether (sulfide) groups is 1. The highest BCUT2D eigenvalue weighted by molar-refractivity contribution is 7.98. The summed E-state index contributed by atoms with van der Waals surface area (Å²) in [5.74, 6) is 0.532. The van der Waals surface area contributed by atoms with E-state index in [4.69, 9.17) is 4.74 Å². The second-order valence-electron chi connectivity index (χ2n) is 7.79. The molecule has 5 nitrogen and oxygen atoms in total. The van der Waals surface area contributed by atoms with Crippen LogP contribution in [0.1, 0.15) is 28.8 Å². The number of nitrogens with zero attached hydrogens (tertiary/aromatic N) is 3. The van der Waals surface area contributed by atoms with Crippen molar-refractivity contribution >= 4 is 23.4 Å². The quantitative estimate of drug-likeness (QED) is 0.390. The Balaban J connectivity index is 1.65. The average molecular weight is 461 g/mol. The number of aromatic nitrogens is 3. The van der Waals surface area contributed by atoms with E-state index in [1.807, 2.05) is 30.5 Å². The van der Waals surface area contributed by atoms with Gasteiger partial charge in [0.2, 0.25) is 11.1 Å². The fourth-order valence-electron chi connectivity index (χ4n) is 4.45. The van der Waals surface area contributed by atoms with Crippen LogP contribution in [0.15, 0.2) is 83.5 Å². The summed E-state index contributed by atoms with van der Waals surface area (Å²) >= 11 is 1.41. The highest BCUT2D eigenvalue weighted by atomic mass is 32.2. The molecule has 0 saturated carbocycles. The molecule has 0 bridgehead atoms. The second kappa shape index (κ2) is 7.74. The third-order valence-electron chi connectivity index (χ3n) is 5.92. The van der Waals surface area contributed by atoms with E-state index in [9.17, 15) is 4.39 Å². The van der Waals surface area contributed by atoms with Crippen LogP contribution in [0.5, 0.6) is 5.75 Å². The first-order valence-corrected chi connectivity index (χ1v) is 11.6. The van der Waals surface area contributed by atoms with E-state index in [2.05, 4.69) is 15.4 Å². The normalized spacial score (nSPS) is 18.6. The second-order valence-corrected chi connectivity index (χ2v) is 8.57. The predicted octanol–water partition coefficient (Wildman–Crippen LogP) is 5.84. The lowest BCUT2D eigenvalue weighted by Gasteiger charge is -2.38. The lowest BCUT2D eigenvalue weighted by atomic mass is 9.84. The molecular weight excluding hydrogens is 442 g/mol. The van der Waals surface area contributed by atoms with Crippen LogP contribution >= 0.6 is 11.8 Å². The van der Waals surface area contributed by atoms with Crippen LogP contribution in [-0.2, 0) is 0 Å². The van der Waals surface area contributed by atoms with Crippen molar-refractivity contribution in [3.63, 3.8) is 0 Å². The first-order chi connectivity index (χ1) is 16.1. The number of hydrogen-bond acceptors (Lipinski definition) is 5. The van der Waals surface area contributed by atoms with Gasteiger partial charge in [-0.1, -0.05) is 54.2 Å². The van der Waals surface area contributed by atoms with Crippen molar-refractivity contribution in [3.8, 4) is 5.75 Å². The van der Waals surface area contributed by atoms with E-state index in [1.165, 1.54) is 30.0 Å². The summed E-state index contributed by atoms with van der Waals surface area (Å²) in [6.45, 7) is 0. The molecule has 0 fully saturated rings. The number of benzene rings is 3. The van der Waals surface area contributed by atoms with Gasteiger partial charge in [0.25, 0.3) is 0 Å².